The van der Waals surface area contributed by atoms with Crippen LogP contribution in [-0.2, 0) is 16.3 Å². The van der Waals surface area contributed by atoms with Crippen LogP contribution in [0.2, 0.25) is 0 Å². The molecule has 1 aromatic rings. The molecule has 0 aliphatic heterocycles. The predicted molar refractivity (Wildman–Crippen MR) is 84.4 cm³/mol. The summed E-state index contributed by atoms with van der Waals surface area (Å²) >= 11 is 0. The topological polar surface area (TPSA) is 72.6 Å². The maximum Gasteiger partial charge on any atom is 0.148 e. The summed E-state index contributed by atoms with van der Waals surface area (Å²) in [6, 6.07) is 6.07. The number of nitrogens with two attached hydrogens (primary N) is 1. The predicted octanol–water partition coefficient (Wildman–Crippen LogP) is 0.986. The highest BCUT2D eigenvalue weighted by molar-refractivity contribution is 7.90. The van der Waals surface area contributed by atoms with Gasteiger partial charge in [0.15, 0.2) is 0 Å². The van der Waals surface area contributed by atoms with Gasteiger partial charge in [-0.15, -0.1) is 0 Å². The Balaban J connectivity index is 2.13. The molecule has 2 rings (SSSR count). The van der Waals surface area contributed by atoms with E-state index >= 15 is 0 Å². The Kier molecular flexibility index (Phi) is 4.91. The zero-order valence-corrected chi connectivity index (χ0v) is 13.7. The lowest BCUT2D eigenvalue weighted by Gasteiger charge is -2.37. The van der Waals surface area contributed by atoms with Gasteiger partial charge in [0.2, 0.25) is 0 Å². The fraction of sp³-hybridized carbons (Fsp3) is 0.600. The first-order valence-electron chi connectivity index (χ1n) is 7.12. The molecule has 0 aromatic heterocycles. The van der Waals surface area contributed by atoms with Crippen LogP contribution in [0.1, 0.15) is 23.6 Å². The Bertz CT molecular complexity index is 601. The quantitative estimate of drug-likeness (QED) is 0.877. The van der Waals surface area contributed by atoms with Crippen molar-refractivity contribution in [3.05, 3.63) is 29.3 Å². The van der Waals surface area contributed by atoms with Crippen molar-refractivity contribution in [3.63, 3.8) is 0 Å². The van der Waals surface area contributed by atoms with Crippen LogP contribution in [0.15, 0.2) is 18.2 Å². The molecule has 2 atom stereocenters. The number of hydrogen-bond donors (Lipinski definition) is 1. The van der Waals surface area contributed by atoms with Crippen molar-refractivity contribution in [3.8, 4) is 5.75 Å². The largest absolute Gasteiger partial charge is 0.497 e. The molecule has 0 radical (unpaired) electrons. The Morgan fingerprint density at radius 3 is 2.76 bits per heavy atom. The van der Waals surface area contributed by atoms with E-state index in [9.17, 15) is 8.42 Å². The van der Waals surface area contributed by atoms with Crippen LogP contribution in [-0.4, -0.2) is 52.1 Å². The molecular weight excluding hydrogens is 288 g/mol. The van der Waals surface area contributed by atoms with E-state index in [2.05, 4.69) is 11.0 Å². The Hall–Kier alpha value is -1.11. The third kappa shape index (κ3) is 3.96. The van der Waals surface area contributed by atoms with Crippen molar-refractivity contribution in [2.45, 2.75) is 24.9 Å². The van der Waals surface area contributed by atoms with Crippen LogP contribution < -0.4 is 10.5 Å². The van der Waals surface area contributed by atoms with Crippen molar-refractivity contribution in [1.82, 2.24) is 4.90 Å². The summed E-state index contributed by atoms with van der Waals surface area (Å²) in [4.78, 5) is 2.06. The number of rotatable bonds is 5. The molecule has 1 aliphatic carbocycles. The SMILES string of the molecule is COc1ccc2c(c1)C(N)C(N(C)CCS(C)(=O)=O)CC2. The first kappa shape index (κ1) is 16.3. The highest BCUT2D eigenvalue weighted by atomic mass is 32.2. The lowest BCUT2D eigenvalue weighted by atomic mass is 9.83. The molecule has 2 N–H and O–H groups in total. The molecule has 21 heavy (non-hydrogen) atoms. The highest BCUT2D eigenvalue weighted by Crippen LogP contribution is 2.33. The van der Waals surface area contributed by atoms with Gasteiger partial charge in [-0.2, -0.15) is 0 Å². The van der Waals surface area contributed by atoms with Crippen LogP contribution >= 0.6 is 0 Å². The molecule has 1 aliphatic rings. The van der Waals surface area contributed by atoms with Crippen LogP contribution in [0.5, 0.6) is 5.75 Å². The number of nitrogens with zero attached hydrogens (tertiary/aromatic N) is 1. The zero-order valence-electron chi connectivity index (χ0n) is 12.9. The molecule has 0 heterocycles. The number of fused-ring (bicyclic) bond motifs is 1. The van der Waals surface area contributed by atoms with E-state index in [0.717, 1.165) is 24.2 Å². The monoisotopic (exact) mass is 312 g/mol. The Morgan fingerprint density at radius 1 is 1.43 bits per heavy atom. The molecule has 5 nitrogen and oxygen atoms in total. The van der Waals surface area contributed by atoms with Gasteiger partial charge in [0.1, 0.15) is 15.6 Å². The smallest absolute Gasteiger partial charge is 0.148 e. The van der Waals surface area contributed by atoms with Crippen LogP contribution in [0, 0.1) is 0 Å². The lowest BCUT2D eigenvalue weighted by Crippen LogP contribution is -2.45. The number of hydrogen-bond acceptors (Lipinski definition) is 5. The summed E-state index contributed by atoms with van der Waals surface area (Å²) in [5.41, 5.74) is 8.78. The summed E-state index contributed by atoms with van der Waals surface area (Å²) in [5, 5.41) is 0. The maximum absolute atomic E-state index is 11.3. The number of aryl methyl sites for hydroxylation is 1. The van der Waals surface area contributed by atoms with Gasteiger partial charge in [0, 0.05) is 24.9 Å². The first-order valence-corrected chi connectivity index (χ1v) is 9.18. The van der Waals surface area contributed by atoms with Gasteiger partial charge in [0.25, 0.3) is 0 Å². The summed E-state index contributed by atoms with van der Waals surface area (Å²) in [5.74, 6) is 0.973. The molecular formula is C15H24N2O3S. The van der Waals surface area contributed by atoms with E-state index in [1.165, 1.54) is 11.8 Å². The van der Waals surface area contributed by atoms with E-state index in [4.69, 9.17) is 10.5 Å². The average molecular weight is 312 g/mol. The third-order valence-corrected chi connectivity index (χ3v) is 5.14. The van der Waals surface area contributed by atoms with E-state index < -0.39 is 9.84 Å². The number of likely N-dealkylation sites (N-methyl/N-ethyl adjacent to an activating group) is 1. The molecule has 6 heteroatoms. The fourth-order valence-electron chi connectivity index (χ4n) is 2.90. The molecule has 0 saturated carbocycles. The normalized spacial score (nSPS) is 22.1. The molecule has 0 spiro atoms. The Labute approximate surface area is 127 Å². The second-order valence-electron chi connectivity index (χ2n) is 5.81. The van der Waals surface area contributed by atoms with Gasteiger partial charge in [-0.1, -0.05) is 6.07 Å². The van der Waals surface area contributed by atoms with Crippen LogP contribution in [0.4, 0.5) is 0 Å². The second kappa shape index (κ2) is 6.34. The van der Waals surface area contributed by atoms with Gasteiger partial charge in [-0.25, -0.2) is 8.42 Å². The molecule has 118 valence electrons. The van der Waals surface area contributed by atoms with Crippen LogP contribution in [0.3, 0.4) is 0 Å². The summed E-state index contributed by atoms with van der Waals surface area (Å²) < 4.78 is 27.9. The molecule has 0 amide bonds. The summed E-state index contributed by atoms with van der Waals surface area (Å²) in [6.07, 6.45) is 3.17. The molecule has 0 bridgehead atoms. The maximum atomic E-state index is 11.3. The molecule has 1 aromatic carbocycles. The van der Waals surface area contributed by atoms with Crippen LogP contribution in [0.25, 0.3) is 0 Å². The van der Waals surface area contributed by atoms with E-state index in [-0.39, 0.29) is 17.8 Å². The number of sulfone groups is 1. The van der Waals surface area contributed by atoms with Crippen molar-refractivity contribution >= 4 is 9.84 Å². The van der Waals surface area contributed by atoms with Crippen molar-refractivity contribution < 1.29 is 13.2 Å². The lowest BCUT2D eigenvalue weighted by molar-refractivity contribution is 0.201. The van der Waals surface area contributed by atoms with Gasteiger partial charge in [0.05, 0.1) is 12.9 Å². The van der Waals surface area contributed by atoms with E-state index in [0.29, 0.717) is 6.54 Å². The Morgan fingerprint density at radius 2 is 2.14 bits per heavy atom. The molecule has 2 unspecified atom stereocenters. The molecule has 0 fully saturated rings. The number of ether oxygens (including phenoxy) is 1. The minimum absolute atomic E-state index is 0.117. The van der Waals surface area contributed by atoms with Gasteiger partial charge in [-0.05, 0) is 43.1 Å². The molecule has 0 saturated heterocycles. The van der Waals surface area contributed by atoms with Gasteiger partial charge < -0.3 is 15.4 Å². The summed E-state index contributed by atoms with van der Waals surface area (Å²) in [7, 11) is 0.641. The highest BCUT2D eigenvalue weighted by Gasteiger charge is 2.30. The minimum atomic E-state index is -2.95. The summed E-state index contributed by atoms with van der Waals surface area (Å²) in [6.45, 7) is 0.510. The van der Waals surface area contributed by atoms with Gasteiger partial charge in [-0.3, -0.25) is 0 Å². The first-order chi connectivity index (χ1) is 9.81. The van der Waals surface area contributed by atoms with Gasteiger partial charge >= 0.3 is 0 Å². The minimum Gasteiger partial charge on any atom is -0.497 e. The number of benzene rings is 1. The third-order valence-electron chi connectivity index (χ3n) is 4.22. The van der Waals surface area contributed by atoms with E-state index in [1.54, 1.807) is 7.11 Å². The van der Waals surface area contributed by atoms with E-state index in [1.807, 2.05) is 19.2 Å². The van der Waals surface area contributed by atoms with Crippen molar-refractivity contribution in [1.29, 1.82) is 0 Å². The second-order valence-corrected chi connectivity index (χ2v) is 8.07. The average Bonchev–Trinajstić information content (AvgIpc) is 2.44. The standard InChI is InChI=1S/C15H24N2O3S/c1-17(8-9-21(3,18)19)14-7-5-11-4-6-12(20-2)10-13(11)15(14)16/h4,6,10,14-15H,5,7-9,16H2,1-3H3. The number of methoxy groups -OCH3 is 1. The zero-order chi connectivity index (χ0) is 15.6. The fourth-order valence-corrected chi connectivity index (χ4v) is 3.52. The van der Waals surface area contributed by atoms with Crippen molar-refractivity contribution in [2.75, 3.05) is 32.7 Å². The van der Waals surface area contributed by atoms with Crippen molar-refractivity contribution in [2.24, 2.45) is 5.73 Å².